The van der Waals surface area contributed by atoms with Crippen molar-refractivity contribution in [2.75, 3.05) is 13.2 Å². The number of benzene rings is 2. The molecule has 2 aromatic rings. The van der Waals surface area contributed by atoms with Crippen LogP contribution in [0.15, 0.2) is 42.5 Å². The number of rotatable bonds is 3. The highest BCUT2D eigenvalue weighted by atomic mass is 35.5. The van der Waals surface area contributed by atoms with E-state index < -0.39 is 11.7 Å². The highest BCUT2D eigenvalue weighted by molar-refractivity contribution is 6.33. The predicted octanol–water partition coefficient (Wildman–Crippen LogP) is 3.39. The third kappa shape index (κ3) is 2.72. The first kappa shape index (κ1) is 13.9. The van der Waals surface area contributed by atoms with Crippen molar-refractivity contribution in [3.8, 4) is 5.75 Å². The Morgan fingerprint density at radius 2 is 2.10 bits per heavy atom. The molecule has 0 aromatic heterocycles. The molecule has 108 valence electrons. The molecule has 0 saturated carbocycles. The van der Waals surface area contributed by atoms with E-state index in [9.17, 15) is 9.18 Å². The van der Waals surface area contributed by atoms with Gasteiger partial charge >= 0.3 is 0 Å². The number of carbonyl (C=O) groups excluding carboxylic acids is 1. The Hall–Kier alpha value is -2.07. The summed E-state index contributed by atoms with van der Waals surface area (Å²) in [6.07, 6.45) is 0. The number of carbonyl (C=O) groups is 1. The average Bonchev–Trinajstić information content (AvgIpc) is 2.88. The summed E-state index contributed by atoms with van der Waals surface area (Å²) in [6.45, 7) is 0.880. The summed E-state index contributed by atoms with van der Waals surface area (Å²) in [5.41, 5.74) is 0.934. The normalized spacial score (nSPS) is 16.2. The summed E-state index contributed by atoms with van der Waals surface area (Å²) in [5.74, 6) is -0.234. The molecular weight excluding hydrogens is 293 g/mol. The molecule has 21 heavy (non-hydrogen) atoms. The van der Waals surface area contributed by atoms with Gasteiger partial charge in [0.15, 0.2) is 0 Å². The van der Waals surface area contributed by atoms with Crippen LogP contribution in [-0.2, 0) is 0 Å². The molecule has 0 spiro atoms. The fourth-order valence-corrected chi connectivity index (χ4v) is 2.67. The number of halogens is 2. The maximum atomic E-state index is 13.7. The second kappa shape index (κ2) is 5.74. The van der Waals surface area contributed by atoms with Crippen molar-refractivity contribution in [1.82, 2.24) is 5.32 Å². The molecule has 3 nitrogen and oxygen atoms in total. The zero-order valence-corrected chi connectivity index (χ0v) is 11.9. The Balaban J connectivity index is 1.70. The molecule has 2 aromatic carbocycles. The molecule has 1 N–H and O–H groups in total. The summed E-state index contributed by atoms with van der Waals surface area (Å²) in [5, 5.41) is 2.83. The number of para-hydroxylation sites is 1. The Kier molecular flexibility index (Phi) is 3.80. The fourth-order valence-electron chi connectivity index (χ4n) is 2.42. The van der Waals surface area contributed by atoms with Crippen LogP contribution in [0.4, 0.5) is 4.39 Å². The van der Waals surface area contributed by atoms with Gasteiger partial charge in [0.1, 0.15) is 11.6 Å². The standard InChI is InChI=1S/C16H13ClFNO2/c17-12-5-3-6-13(18)15(12)16(20)19-8-10-9-21-14-7-2-1-4-11(10)14/h1-7,10H,8-9H2,(H,19,20). The van der Waals surface area contributed by atoms with Gasteiger partial charge in [0, 0.05) is 18.0 Å². The van der Waals surface area contributed by atoms with Crippen molar-refractivity contribution in [3.63, 3.8) is 0 Å². The van der Waals surface area contributed by atoms with Crippen molar-refractivity contribution < 1.29 is 13.9 Å². The maximum Gasteiger partial charge on any atom is 0.255 e. The average molecular weight is 306 g/mol. The van der Waals surface area contributed by atoms with Crippen LogP contribution in [0.2, 0.25) is 5.02 Å². The van der Waals surface area contributed by atoms with Crippen molar-refractivity contribution in [2.45, 2.75) is 5.92 Å². The number of hydrogen-bond acceptors (Lipinski definition) is 2. The van der Waals surface area contributed by atoms with Crippen LogP contribution in [-0.4, -0.2) is 19.1 Å². The summed E-state index contributed by atoms with van der Waals surface area (Å²) in [4.78, 5) is 12.1. The van der Waals surface area contributed by atoms with Crippen LogP contribution < -0.4 is 10.1 Å². The first-order valence-electron chi connectivity index (χ1n) is 6.60. The molecule has 0 fully saturated rings. The van der Waals surface area contributed by atoms with E-state index in [0.717, 1.165) is 11.3 Å². The van der Waals surface area contributed by atoms with Crippen molar-refractivity contribution in [2.24, 2.45) is 0 Å². The van der Waals surface area contributed by atoms with Gasteiger partial charge in [-0.3, -0.25) is 4.79 Å². The maximum absolute atomic E-state index is 13.7. The van der Waals surface area contributed by atoms with Crippen LogP contribution in [0.25, 0.3) is 0 Å². The molecule has 0 radical (unpaired) electrons. The molecule has 5 heteroatoms. The van der Waals surface area contributed by atoms with Gasteiger partial charge in [-0.05, 0) is 18.2 Å². The monoisotopic (exact) mass is 305 g/mol. The van der Waals surface area contributed by atoms with Gasteiger partial charge in [0.25, 0.3) is 5.91 Å². The highest BCUT2D eigenvalue weighted by Gasteiger charge is 2.25. The fraction of sp³-hybridized carbons (Fsp3) is 0.188. The molecule has 1 atom stereocenters. The minimum atomic E-state index is -0.622. The third-order valence-electron chi connectivity index (χ3n) is 3.50. The lowest BCUT2D eigenvalue weighted by atomic mass is 10.0. The molecule has 1 amide bonds. The summed E-state index contributed by atoms with van der Waals surface area (Å²) in [6, 6.07) is 11.9. The number of ether oxygens (including phenoxy) is 1. The lowest BCUT2D eigenvalue weighted by molar-refractivity contribution is 0.0946. The number of amides is 1. The van der Waals surface area contributed by atoms with Crippen LogP contribution in [0.3, 0.4) is 0 Å². The van der Waals surface area contributed by atoms with Gasteiger partial charge in [0.05, 0.1) is 17.2 Å². The largest absolute Gasteiger partial charge is 0.493 e. The van der Waals surface area contributed by atoms with Gasteiger partial charge in [0.2, 0.25) is 0 Å². The molecular formula is C16H13ClFNO2. The van der Waals surface area contributed by atoms with Crippen LogP contribution in [0.1, 0.15) is 21.8 Å². The lowest BCUT2D eigenvalue weighted by Crippen LogP contribution is -2.29. The van der Waals surface area contributed by atoms with E-state index in [0.29, 0.717) is 13.2 Å². The van der Waals surface area contributed by atoms with Crippen molar-refractivity contribution in [3.05, 3.63) is 64.4 Å². The summed E-state index contributed by atoms with van der Waals surface area (Å²) >= 11 is 5.88. The van der Waals surface area contributed by atoms with E-state index in [2.05, 4.69) is 5.32 Å². The van der Waals surface area contributed by atoms with E-state index in [1.807, 2.05) is 24.3 Å². The van der Waals surface area contributed by atoms with Gasteiger partial charge < -0.3 is 10.1 Å². The number of fused-ring (bicyclic) bond motifs is 1. The van der Waals surface area contributed by atoms with Gasteiger partial charge in [-0.25, -0.2) is 4.39 Å². The topological polar surface area (TPSA) is 38.3 Å². The summed E-state index contributed by atoms with van der Waals surface area (Å²) < 4.78 is 19.2. The molecule has 0 aliphatic carbocycles. The summed E-state index contributed by atoms with van der Waals surface area (Å²) in [7, 11) is 0. The van der Waals surface area contributed by atoms with E-state index in [-0.39, 0.29) is 16.5 Å². The van der Waals surface area contributed by atoms with Crippen molar-refractivity contribution >= 4 is 17.5 Å². The van der Waals surface area contributed by atoms with Crippen LogP contribution in [0, 0.1) is 5.82 Å². The molecule has 1 heterocycles. The number of hydrogen-bond donors (Lipinski definition) is 1. The van der Waals surface area contributed by atoms with Crippen LogP contribution >= 0.6 is 11.6 Å². The van der Waals surface area contributed by atoms with Gasteiger partial charge in [-0.15, -0.1) is 0 Å². The SMILES string of the molecule is O=C(NCC1COc2ccccc21)c1c(F)cccc1Cl. The van der Waals surface area contributed by atoms with Gasteiger partial charge in [-0.2, -0.15) is 0 Å². The lowest BCUT2D eigenvalue weighted by Gasteiger charge is -2.11. The minimum Gasteiger partial charge on any atom is -0.493 e. The second-order valence-electron chi connectivity index (χ2n) is 4.85. The molecule has 0 saturated heterocycles. The molecule has 1 aliphatic rings. The molecule has 3 rings (SSSR count). The van der Waals surface area contributed by atoms with E-state index in [4.69, 9.17) is 16.3 Å². The quantitative estimate of drug-likeness (QED) is 0.944. The zero-order valence-electron chi connectivity index (χ0n) is 11.1. The molecule has 1 aliphatic heterocycles. The van der Waals surface area contributed by atoms with Crippen LogP contribution in [0.5, 0.6) is 5.75 Å². The third-order valence-corrected chi connectivity index (χ3v) is 3.81. The van der Waals surface area contributed by atoms with Crippen molar-refractivity contribution in [1.29, 1.82) is 0 Å². The van der Waals surface area contributed by atoms with E-state index >= 15 is 0 Å². The zero-order chi connectivity index (χ0) is 14.8. The molecule has 0 bridgehead atoms. The smallest absolute Gasteiger partial charge is 0.255 e. The predicted molar refractivity (Wildman–Crippen MR) is 78.4 cm³/mol. The Bertz CT molecular complexity index is 669. The second-order valence-corrected chi connectivity index (χ2v) is 5.26. The first-order valence-corrected chi connectivity index (χ1v) is 6.98. The number of nitrogens with one attached hydrogen (secondary N) is 1. The van der Waals surface area contributed by atoms with E-state index in [1.165, 1.54) is 18.2 Å². The Labute approximate surface area is 126 Å². The molecule has 1 unspecified atom stereocenters. The minimum absolute atomic E-state index is 0.0655. The van der Waals surface area contributed by atoms with Gasteiger partial charge in [-0.1, -0.05) is 35.9 Å². The van der Waals surface area contributed by atoms with E-state index in [1.54, 1.807) is 0 Å². The Morgan fingerprint density at radius 3 is 2.90 bits per heavy atom. The Morgan fingerprint density at radius 1 is 1.29 bits per heavy atom. The highest BCUT2D eigenvalue weighted by Crippen LogP contribution is 2.32. The first-order chi connectivity index (χ1) is 10.2.